The zero-order valence-corrected chi connectivity index (χ0v) is 14.5. The Morgan fingerprint density at radius 2 is 2.19 bits per heavy atom. The fraction of sp³-hybridized carbons (Fsp3) is 0.200. The van der Waals surface area contributed by atoms with E-state index in [0.29, 0.717) is 34.6 Å². The lowest BCUT2D eigenvalue weighted by Crippen LogP contribution is -2.12. The van der Waals surface area contributed by atoms with Crippen molar-refractivity contribution in [1.82, 2.24) is 10.3 Å². The number of benzene rings is 1. The van der Waals surface area contributed by atoms with Crippen molar-refractivity contribution in [1.29, 1.82) is 0 Å². The van der Waals surface area contributed by atoms with Gasteiger partial charge in [-0.3, -0.25) is 9.59 Å². The Morgan fingerprint density at radius 3 is 2.88 bits per heavy atom. The van der Waals surface area contributed by atoms with E-state index in [9.17, 15) is 14.0 Å². The van der Waals surface area contributed by atoms with Crippen molar-refractivity contribution < 1.29 is 14.0 Å². The molecule has 1 aliphatic rings. The second-order valence-electron chi connectivity index (χ2n) is 5.84. The first-order valence-electron chi connectivity index (χ1n) is 8.26. The molecule has 5 nitrogen and oxygen atoms in total. The minimum Gasteiger partial charge on any atom is -0.361 e. The lowest BCUT2D eigenvalue weighted by molar-refractivity contribution is -0.110. The molecule has 2 aromatic rings. The Hall–Kier alpha value is -3.17. The third-order valence-corrected chi connectivity index (χ3v) is 4.01. The molecule has 1 aromatic carbocycles. The van der Waals surface area contributed by atoms with E-state index >= 15 is 0 Å². The van der Waals surface area contributed by atoms with Gasteiger partial charge in [-0.05, 0) is 37.7 Å². The number of hydrogen-bond donors (Lipinski definition) is 3. The molecule has 2 heterocycles. The largest absolute Gasteiger partial charge is 0.361 e. The van der Waals surface area contributed by atoms with Crippen LogP contribution in [-0.2, 0) is 4.79 Å². The van der Waals surface area contributed by atoms with E-state index in [4.69, 9.17) is 0 Å². The van der Waals surface area contributed by atoms with E-state index in [1.54, 1.807) is 18.3 Å². The van der Waals surface area contributed by atoms with Gasteiger partial charge in [0.25, 0.3) is 5.91 Å². The van der Waals surface area contributed by atoms with Gasteiger partial charge in [-0.1, -0.05) is 18.8 Å². The minimum atomic E-state index is -0.481. The summed E-state index contributed by atoms with van der Waals surface area (Å²) in [6, 6.07) is 4.47. The summed E-state index contributed by atoms with van der Waals surface area (Å²) < 4.78 is 14.4. The number of carbonyl (C=O) groups excluding carboxylic acids is 2. The molecule has 3 rings (SSSR count). The molecule has 6 heteroatoms. The molecule has 0 bridgehead atoms. The first-order valence-corrected chi connectivity index (χ1v) is 8.26. The molecule has 1 aliphatic heterocycles. The number of aromatic amines is 1. The van der Waals surface area contributed by atoms with Crippen LogP contribution in [0.25, 0.3) is 11.6 Å². The quantitative estimate of drug-likeness (QED) is 0.343. The highest BCUT2D eigenvalue weighted by Crippen LogP contribution is 2.36. The third kappa shape index (κ3) is 3.44. The van der Waals surface area contributed by atoms with Crippen molar-refractivity contribution in [3.63, 3.8) is 0 Å². The first-order chi connectivity index (χ1) is 12.5. The number of rotatable bonds is 4. The van der Waals surface area contributed by atoms with Gasteiger partial charge in [0.05, 0.1) is 23.4 Å². The normalized spacial score (nSPS) is 14.0. The van der Waals surface area contributed by atoms with Crippen LogP contribution in [0.2, 0.25) is 0 Å². The monoisotopic (exact) mass is 351 g/mol. The predicted octanol–water partition coefficient (Wildman–Crippen LogP) is 2.81. The summed E-state index contributed by atoms with van der Waals surface area (Å²) in [4.78, 5) is 26.8. The van der Waals surface area contributed by atoms with E-state index in [2.05, 4.69) is 27.5 Å². The lowest BCUT2D eigenvalue weighted by Gasteiger charge is -2.04. The fourth-order valence-electron chi connectivity index (χ4n) is 2.70. The Morgan fingerprint density at radius 1 is 1.38 bits per heavy atom. The standard InChI is InChI=1S/C20H18FN3O2/c1-3-22-8-4-5-15-17(21)6-7-18-19(15)16(20(26)24-18)10-14-9-13(11-23-14)12(2)25/h6-7,9-11,22-23H,3,8H2,1-2H3,(H,24,26)/b16-10-. The van der Waals surface area contributed by atoms with Crippen LogP contribution < -0.4 is 10.6 Å². The number of H-pyrrole nitrogens is 1. The summed E-state index contributed by atoms with van der Waals surface area (Å²) in [6.07, 6.45) is 3.17. The molecule has 1 amide bonds. The number of hydrogen-bond acceptors (Lipinski definition) is 3. The molecule has 0 fully saturated rings. The number of ketones is 1. The Kier molecular flexibility index (Phi) is 5.01. The van der Waals surface area contributed by atoms with Crippen LogP contribution in [0.15, 0.2) is 24.4 Å². The molecule has 132 valence electrons. The second kappa shape index (κ2) is 7.38. The molecule has 1 aromatic heterocycles. The number of Topliss-reactive ketones (excluding diaryl/α,β-unsaturated/α-hetero) is 1. The van der Waals surface area contributed by atoms with Crippen LogP contribution in [0.1, 0.15) is 41.0 Å². The molecular weight excluding hydrogens is 333 g/mol. The van der Waals surface area contributed by atoms with Crippen LogP contribution in [0, 0.1) is 17.7 Å². The maximum atomic E-state index is 14.4. The van der Waals surface area contributed by atoms with E-state index < -0.39 is 5.82 Å². The fourth-order valence-corrected chi connectivity index (χ4v) is 2.70. The number of anilines is 1. The molecule has 0 spiro atoms. The van der Waals surface area contributed by atoms with Gasteiger partial charge in [0.1, 0.15) is 5.82 Å². The minimum absolute atomic E-state index is 0.0804. The van der Waals surface area contributed by atoms with E-state index in [1.165, 1.54) is 19.1 Å². The molecule has 0 saturated heterocycles. The average Bonchev–Trinajstić information content (AvgIpc) is 3.19. The Bertz CT molecular complexity index is 977. The summed E-state index contributed by atoms with van der Waals surface area (Å²) in [5.41, 5.74) is 2.56. The van der Waals surface area contributed by atoms with Crippen LogP contribution in [0.5, 0.6) is 0 Å². The Labute approximate surface area is 150 Å². The molecule has 0 radical (unpaired) electrons. The summed E-state index contributed by atoms with van der Waals surface area (Å²) >= 11 is 0. The number of amides is 1. The highest BCUT2D eigenvalue weighted by atomic mass is 19.1. The molecule has 0 atom stereocenters. The van der Waals surface area contributed by atoms with Crippen molar-refractivity contribution in [3.05, 3.63) is 52.6 Å². The van der Waals surface area contributed by atoms with Crippen molar-refractivity contribution in [2.24, 2.45) is 0 Å². The first kappa shape index (κ1) is 17.6. The van der Waals surface area contributed by atoms with Crippen molar-refractivity contribution in [2.75, 3.05) is 18.4 Å². The zero-order chi connectivity index (χ0) is 18.7. The number of carbonyl (C=O) groups is 2. The highest BCUT2D eigenvalue weighted by Gasteiger charge is 2.28. The average molecular weight is 351 g/mol. The van der Waals surface area contributed by atoms with Gasteiger partial charge in [0.2, 0.25) is 0 Å². The highest BCUT2D eigenvalue weighted by molar-refractivity contribution is 6.35. The van der Waals surface area contributed by atoms with E-state index in [-0.39, 0.29) is 17.3 Å². The zero-order valence-electron chi connectivity index (χ0n) is 14.5. The van der Waals surface area contributed by atoms with Gasteiger partial charge in [0.15, 0.2) is 5.78 Å². The number of fused-ring (bicyclic) bond motifs is 1. The van der Waals surface area contributed by atoms with Crippen LogP contribution in [-0.4, -0.2) is 29.8 Å². The van der Waals surface area contributed by atoms with E-state index in [0.717, 1.165) is 6.54 Å². The summed E-state index contributed by atoms with van der Waals surface area (Å²) in [7, 11) is 0. The van der Waals surface area contributed by atoms with Gasteiger partial charge in [0, 0.05) is 23.0 Å². The summed E-state index contributed by atoms with van der Waals surface area (Å²) in [6.45, 7) is 4.61. The van der Waals surface area contributed by atoms with Crippen LogP contribution in [0.3, 0.4) is 0 Å². The smallest absolute Gasteiger partial charge is 0.256 e. The van der Waals surface area contributed by atoms with E-state index in [1.807, 2.05) is 6.92 Å². The molecule has 0 aliphatic carbocycles. The van der Waals surface area contributed by atoms with Crippen molar-refractivity contribution in [2.45, 2.75) is 13.8 Å². The molecule has 0 unspecified atom stereocenters. The number of aromatic nitrogens is 1. The third-order valence-electron chi connectivity index (χ3n) is 4.01. The molecule has 0 saturated carbocycles. The maximum Gasteiger partial charge on any atom is 0.256 e. The lowest BCUT2D eigenvalue weighted by atomic mass is 9.99. The van der Waals surface area contributed by atoms with Gasteiger partial charge in [-0.15, -0.1) is 0 Å². The number of halogens is 1. The second-order valence-corrected chi connectivity index (χ2v) is 5.84. The van der Waals surface area contributed by atoms with Gasteiger partial charge < -0.3 is 15.6 Å². The van der Waals surface area contributed by atoms with Gasteiger partial charge >= 0.3 is 0 Å². The van der Waals surface area contributed by atoms with Gasteiger partial charge in [-0.2, -0.15) is 0 Å². The SMILES string of the molecule is CCNCC#Cc1c(F)ccc2c1/C(=C/c1cc(C(C)=O)c[nH]1)C(=O)N2. The van der Waals surface area contributed by atoms with Crippen LogP contribution >= 0.6 is 0 Å². The van der Waals surface area contributed by atoms with Crippen molar-refractivity contribution in [3.8, 4) is 11.8 Å². The molecular formula is C20H18FN3O2. The number of nitrogens with one attached hydrogen (secondary N) is 3. The van der Waals surface area contributed by atoms with Crippen molar-refractivity contribution >= 4 is 29.0 Å². The topological polar surface area (TPSA) is 74.0 Å². The molecule has 3 N–H and O–H groups in total. The van der Waals surface area contributed by atoms with Crippen LogP contribution in [0.4, 0.5) is 10.1 Å². The predicted molar refractivity (Wildman–Crippen MR) is 99.1 cm³/mol. The molecule has 26 heavy (non-hydrogen) atoms. The summed E-state index contributed by atoms with van der Waals surface area (Å²) in [5.74, 6) is 4.80. The van der Waals surface area contributed by atoms with Gasteiger partial charge in [-0.25, -0.2) is 4.39 Å². The Balaban J connectivity index is 2.06. The summed E-state index contributed by atoms with van der Waals surface area (Å²) in [5, 5.41) is 5.78. The maximum absolute atomic E-state index is 14.4.